The maximum atomic E-state index is 12.4. The number of hydrogen-bond donors (Lipinski definition) is 3. The van der Waals surface area contributed by atoms with Crippen molar-refractivity contribution in [2.45, 2.75) is 77.7 Å². The number of aliphatic hydroxyl groups excluding tert-OH is 1. The third-order valence-electron chi connectivity index (χ3n) is 7.19. The first-order chi connectivity index (χ1) is 16.9. The fourth-order valence-corrected chi connectivity index (χ4v) is 5.83. The smallest absolute Gasteiger partial charge is 0.407 e. The van der Waals surface area contributed by atoms with Crippen molar-refractivity contribution in [3.8, 4) is 11.3 Å². The van der Waals surface area contributed by atoms with Crippen LogP contribution in [0.15, 0.2) is 18.2 Å². The van der Waals surface area contributed by atoms with Gasteiger partial charge in [-0.1, -0.05) is 41.8 Å². The quantitative estimate of drug-likeness (QED) is 0.448. The second kappa shape index (κ2) is 10.3. The largest absolute Gasteiger partial charge is 0.444 e. The molecular formula is C26H34Cl2N4O4. The van der Waals surface area contributed by atoms with Crippen LogP contribution in [0.5, 0.6) is 0 Å². The first kappa shape index (κ1) is 26.9. The van der Waals surface area contributed by atoms with E-state index in [2.05, 4.69) is 10.3 Å². The lowest BCUT2D eigenvalue weighted by atomic mass is 9.74. The van der Waals surface area contributed by atoms with E-state index < -0.39 is 11.9 Å². The van der Waals surface area contributed by atoms with Gasteiger partial charge in [0.05, 0.1) is 21.4 Å². The molecule has 0 bridgehead atoms. The highest BCUT2D eigenvalue weighted by atomic mass is 35.5. The summed E-state index contributed by atoms with van der Waals surface area (Å²) in [5, 5.41) is 24.2. The third-order valence-corrected chi connectivity index (χ3v) is 8.00. The van der Waals surface area contributed by atoms with Gasteiger partial charge in [0.15, 0.2) is 12.1 Å². The molecule has 1 aromatic heterocycles. The van der Waals surface area contributed by atoms with Crippen LogP contribution in [0, 0.1) is 12.3 Å². The Morgan fingerprint density at radius 3 is 2.53 bits per heavy atom. The van der Waals surface area contributed by atoms with Crippen molar-refractivity contribution < 1.29 is 19.7 Å². The Labute approximate surface area is 222 Å². The van der Waals surface area contributed by atoms with Crippen molar-refractivity contribution in [1.82, 2.24) is 15.3 Å². The number of nitrogens with zero attached hydrogens (tertiary/aromatic N) is 3. The maximum Gasteiger partial charge on any atom is 0.407 e. The topological polar surface area (TPSA) is 108 Å². The van der Waals surface area contributed by atoms with E-state index in [4.69, 9.17) is 32.9 Å². The molecule has 1 atom stereocenters. The van der Waals surface area contributed by atoms with Gasteiger partial charge in [-0.15, -0.1) is 0 Å². The minimum Gasteiger partial charge on any atom is -0.444 e. The molecule has 1 amide bonds. The normalized spacial score (nSPS) is 19.7. The summed E-state index contributed by atoms with van der Waals surface area (Å²) < 4.78 is 5.49. The van der Waals surface area contributed by atoms with E-state index in [0.717, 1.165) is 32.1 Å². The maximum absolute atomic E-state index is 12.4. The van der Waals surface area contributed by atoms with Crippen LogP contribution in [0.25, 0.3) is 11.3 Å². The molecule has 0 radical (unpaired) electrons. The van der Waals surface area contributed by atoms with E-state index in [1.54, 1.807) is 18.2 Å². The number of piperidine rings is 1. The number of alkyl carbamates (subject to hydrolysis) is 1. The van der Waals surface area contributed by atoms with Gasteiger partial charge in [-0.3, -0.25) is 0 Å². The van der Waals surface area contributed by atoms with Gasteiger partial charge in [-0.05, 0) is 64.9 Å². The number of aromatic nitrogens is 2. The predicted molar refractivity (Wildman–Crippen MR) is 140 cm³/mol. The SMILES string of the molecule is Cc1nc(N2CCC3(CCC[C@H]3NC(=O)OC(C)(C)C)CC2)c(C(O)O)nc1-c1cccc(Cl)c1Cl. The number of carbonyl (C=O) groups is 1. The molecule has 1 saturated heterocycles. The summed E-state index contributed by atoms with van der Waals surface area (Å²) in [5.41, 5.74) is 1.19. The molecule has 2 aromatic rings. The zero-order valence-corrected chi connectivity index (χ0v) is 22.7. The zero-order chi connectivity index (χ0) is 26.3. The number of benzene rings is 1. The molecule has 1 aliphatic heterocycles. The lowest BCUT2D eigenvalue weighted by Gasteiger charge is -2.44. The standard InChI is InChI=1S/C26H34Cl2N4O4/c1-15-20(16-7-5-8-17(27)19(16)28)31-21(23(33)34)22(29-15)32-13-11-26(12-14-32)10-6-9-18(26)30-24(35)36-25(2,3)4/h5,7-8,18,23,33-34H,6,9-14H2,1-4H3,(H,30,35)/t18-/m1/s1. The molecule has 2 aliphatic rings. The number of carbonyl (C=O) groups excluding carboxylic acids is 1. The predicted octanol–water partition coefficient (Wildman–Crippen LogP) is 5.41. The molecule has 2 fully saturated rings. The highest BCUT2D eigenvalue weighted by Crippen LogP contribution is 2.47. The number of halogens is 2. The van der Waals surface area contributed by atoms with Crippen LogP contribution in [0.4, 0.5) is 10.6 Å². The zero-order valence-electron chi connectivity index (χ0n) is 21.1. The number of hydrogen-bond acceptors (Lipinski definition) is 7. The Bertz CT molecular complexity index is 1130. The first-order valence-corrected chi connectivity index (χ1v) is 13.1. The van der Waals surface area contributed by atoms with E-state index in [1.165, 1.54) is 0 Å². The summed E-state index contributed by atoms with van der Waals surface area (Å²) in [6.07, 6.45) is 2.53. The molecule has 1 saturated carbocycles. The highest BCUT2D eigenvalue weighted by Gasteiger charge is 2.46. The van der Waals surface area contributed by atoms with E-state index in [9.17, 15) is 15.0 Å². The molecule has 4 rings (SSSR count). The fourth-order valence-electron chi connectivity index (χ4n) is 5.44. The minimum atomic E-state index is -1.80. The van der Waals surface area contributed by atoms with Gasteiger partial charge in [-0.2, -0.15) is 0 Å². The van der Waals surface area contributed by atoms with Gasteiger partial charge in [0.2, 0.25) is 0 Å². The fraction of sp³-hybridized carbons (Fsp3) is 0.577. The second-order valence-corrected chi connectivity index (χ2v) is 11.6. The van der Waals surface area contributed by atoms with Crippen LogP contribution in [-0.2, 0) is 4.74 Å². The van der Waals surface area contributed by atoms with Crippen molar-refractivity contribution in [3.05, 3.63) is 39.6 Å². The molecule has 36 heavy (non-hydrogen) atoms. The summed E-state index contributed by atoms with van der Waals surface area (Å²) in [4.78, 5) is 23.8. The van der Waals surface area contributed by atoms with Crippen LogP contribution in [0.1, 0.15) is 70.6 Å². The van der Waals surface area contributed by atoms with Gasteiger partial charge in [-0.25, -0.2) is 14.8 Å². The van der Waals surface area contributed by atoms with Crippen LogP contribution in [0.2, 0.25) is 10.0 Å². The van der Waals surface area contributed by atoms with Crippen molar-refractivity contribution in [2.75, 3.05) is 18.0 Å². The molecule has 10 heteroatoms. The first-order valence-electron chi connectivity index (χ1n) is 12.3. The third kappa shape index (κ3) is 5.57. The number of aliphatic hydroxyl groups is 2. The Balaban J connectivity index is 1.55. The summed E-state index contributed by atoms with van der Waals surface area (Å²) >= 11 is 12.6. The Kier molecular flexibility index (Phi) is 7.72. The molecule has 8 nitrogen and oxygen atoms in total. The number of amides is 1. The highest BCUT2D eigenvalue weighted by molar-refractivity contribution is 6.43. The van der Waals surface area contributed by atoms with E-state index in [0.29, 0.717) is 45.9 Å². The molecule has 1 aromatic carbocycles. The summed E-state index contributed by atoms with van der Waals surface area (Å²) in [6, 6.07) is 5.28. The number of ether oxygens (including phenoxy) is 1. The van der Waals surface area contributed by atoms with Crippen molar-refractivity contribution >= 4 is 35.1 Å². The molecule has 196 valence electrons. The van der Waals surface area contributed by atoms with Gasteiger partial charge in [0.25, 0.3) is 0 Å². The van der Waals surface area contributed by atoms with Gasteiger partial charge >= 0.3 is 6.09 Å². The average molecular weight is 537 g/mol. The monoisotopic (exact) mass is 536 g/mol. The van der Waals surface area contributed by atoms with Crippen molar-refractivity contribution in [2.24, 2.45) is 5.41 Å². The molecule has 1 spiro atoms. The van der Waals surface area contributed by atoms with Crippen LogP contribution in [-0.4, -0.2) is 51.0 Å². The number of nitrogens with one attached hydrogen (secondary N) is 1. The minimum absolute atomic E-state index is 0.0118. The number of aryl methyl sites for hydroxylation is 1. The summed E-state index contributed by atoms with van der Waals surface area (Å²) in [7, 11) is 0. The Morgan fingerprint density at radius 2 is 1.89 bits per heavy atom. The molecular weight excluding hydrogens is 503 g/mol. The molecule has 3 N–H and O–H groups in total. The Morgan fingerprint density at radius 1 is 1.19 bits per heavy atom. The van der Waals surface area contributed by atoms with Crippen molar-refractivity contribution in [1.29, 1.82) is 0 Å². The van der Waals surface area contributed by atoms with Gasteiger partial charge in [0, 0.05) is 24.7 Å². The average Bonchev–Trinajstić information content (AvgIpc) is 3.16. The van der Waals surface area contributed by atoms with E-state index in [-0.39, 0.29) is 23.2 Å². The molecule has 1 aliphatic carbocycles. The lowest BCUT2D eigenvalue weighted by molar-refractivity contribution is -0.0456. The van der Waals surface area contributed by atoms with Crippen LogP contribution in [0.3, 0.4) is 0 Å². The number of rotatable bonds is 4. The Hall–Kier alpha value is -2.13. The van der Waals surface area contributed by atoms with Gasteiger partial charge in [0.1, 0.15) is 11.3 Å². The van der Waals surface area contributed by atoms with Gasteiger partial charge < -0.3 is 25.2 Å². The second-order valence-electron chi connectivity index (χ2n) is 10.8. The van der Waals surface area contributed by atoms with E-state index in [1.807, 2.05) is 32.6 Å². The molecule has 2 heterocycles. The summed E-state index contributed by atoms with van der Waals surface area (Å²) in [5.74, 6) is 0.453. The van der Waals surface area contributed by atoms with Crippen molar-refractivity contribution in [3.63, 3.8) is 0 Å². The molecule has 0 unspecified atom stereocenters. The lowest BCUT2D eigenvalue weighted by Crippen LogP contribution is -2.51. The summed E-state index contributed by atoms with van der Waals surface area (Å²) in [6.45, 7) is 8.72. The van der Waals surface area contributed by atoms with Crippen LogP contribution < -0.4 is 10.2 Å². The van der Waals surface area contributed by atoms with E-state index >= 15 is 0 Å². The van der Waals surface area contributed by atoms with Crippen LogP contribution >= 0.6 is 23.2 Å². The number of anilines is 1.